The molecule has 0 atom stereocenters. The van der Waals surface area contributed by atoms with Crippen LogP contribution in [0.1, 0.15) is 72.2 Å². The molecule has 0 unspecified atom stereocenters. The number of ether oxygens (including phenoxy) is 1. The molecule has 0 spiro atoms. The molecular formula is C56H45NO. The first-order valence-electron chi connectivity index (χ1n) is 20.5. The van der Waals surface area contributed by atoms with Gasteiger partial charge >= 0.3 is 0 Å². The Hall–Kier alpha value is -6.64. The molecule has 2 heteroatoms. The molecule has 8 aromatic rings. The second kappa shape index (κ2) is 12.4. The van der Waals surface area contributed by atoms with Crippen LogP contribution in [0.25, 0.3) is 33.4 Å². The molecule has 0 bridgehead atoms. The molecule has 0 N–H and O–H groups in total. The number of methoxy groups -OCH3 is 1. The fraction of sp³-hybridized carbons (Fsp3) is 0.143. The molecule has 8 aromatic carbocycles. The Bertz CT molecular complexity index is 2800. The number of hydrogen-bond acceptors (Lipinski definition) is 2. The number of anilines is 3. The molecule has 280 valence electrons. The van der Waals surface area contributed by atoms with Crippen molar-refractivity contribution in [2.75, 3.05) is 12.0 Å². The Morgan fingerprint density at radius 1 is 0.345 bits per heavy atom. The van der Waals surface area contributed by atoms with Crippen LogP contribution in [0.3, 0.4) is 0 Å². The van der Waals surface area contributed by atoms with Crippen LogP contribution in [-0.4, -0.2) is 7.11 Å². The van der Waals surface area contributed by atoms with Crippen LogP contribution in [0.15, 0.2) is 182 Å². The lowest BCUT2D eigenvalue weighted by atomic mass is 9.67. The molecule has 3 aliphatic rings. The highest BCUT2D eigenvalue weighted by Crippen LogP contribution is 2.58. The molecule has 58 heavy (non-hydrogen) atoms. The van der Waals surface area contributed by atoms with Gasteiger partial charge in [0.2, 0.25) is 0 Å². The summed E-state index contributed by atoms with van der Waals surface area (Å²) >= 11 is 0. The smallest absolute Gasteiger partial charge is 0.121 e. The third-order valence-electron chi connectivity index (χ3n) is 13.6. The summed E-state index contributed by atoms with van der Waals surface area (Å²) in [5.41, 5.74) is 20.6. The molecular weight excluding hydrogens is 703 g/mol. The zero-order valence-corrected chi connectivity index (χ0v) is 33.7. The monoisotopic (exact) mass is 747 g/mol. The fourth-order valence-corrected chi connectivity index (χ4v) is 10.9. The summed E-state index contributed by atoms with van der Waals surface area (Å²) in [6, 6.07) is 67.8. The largest absolute Gasteiger partial charge is 0.497 e. The second-order valence-electron chi connectivity index (χ2n) is 17.3. The molecule has 0 aromatic heterocycles. The van der Waals surface area contributed by atoms with Gasteiger partial charge in [-0.3, -0.25) is 0 Å². The van der Waals surface area contributed by atoms with Gasteiger partial charge in [0.1, 0.15) is 5.75 Å². The lowest BCUT2D eigenvalue weighted by Gasteiger charge is -2.36. The summed E-state index contributed by atoms with van der Waals surface area (Å²) in [7, 11) is 1.79. The number of rotatable bonds is 6. The topological polar surface area (TPSA) is 12.5 Å². The van der Waals surface area contributed by atoms with Crippen LogP contribution in [-0.2, 0) is 16.2 Å². The molecule has 0 amide bonds. The average molecular weight is 748 g/mol. The fourth-order valence-electron chi connectivity index (χ4n) is 10.9. The van der Waals surface area contributed by atoms with Crippen molar-refractivity contribution in [2.24, 2.45) is 0 Å². The van der Waals surface area contributed by atoms with Gasteiger partial charge < -0.3 is 9.64 Å². The average Bonchev–Trinajstić information content (AvgIpc) is 3.79. The number of fused-ring (bicyclic) bond motifs is 9. The van der Waals surface area contributed by atoms with Gasteiger partial charge in [-0.15, -0.1) is 0 Å². The Kier molecular flexibility index (Phi) is 7.41. The maximum Gasteiger partial charge on any atom is 0.121 e. The van der Waals surface area contributed by atoms with Crippen molar-refractivity contribution >= 4 is 17.1 Å². The lowest BCUT2D eigenvalue weighted by molar-refractivity contribution is 0.414. The minimum absolute atomic E-state index is 0.149. The van der Waals surface area contributed by atoms with E-state index in [9.17, 15) is 0 Å². The Morgan fingerprint density at radius 2 is 0.759 bits per heavy atom. The molecule has 0 saturated heterocycles. The minimum Gasteiger partial charge on any atom is -0.497 e. The van der Waals surface area contributed by atoms with Crippen molar-refractivity contribution in [3.05, 3.63) is 226 Å². The summed E-state index contributed by atoms with van der Waals surface area (Å²) in [5.74, 6) is 0.817. The van der Waals surface area contributed by atoms with Crippen molar-refractivity contribution in [1.29, 1.82) is 0 Å². The predicted molar refractivity (Wildman–Crippen MR) is 240 cm³/mol. The van der Waals surface area contributed by atoms with E-state index >= 15 is 0 Å². The van der Waals surface area contributed by atoms with Crippen molar-refractivity contribution in [3.63, 3.8) is 0 Å². The van der Waals surface area contributed by atoms with Gasteiger partial charge in [-0.1, -0.05) is 167 Å². The van der Waals surface area contributed by atoms with E-state index in [4.69, 9.17) is 4.74 Å². The summed E-state index contributed by atoms with van der Waals surface area (Å²) in [4.78, 5) is 2.47. The Balaban J connectivity index is 1.19. The number of hydrogen-bond donors (Lipinski definition) is 0. The Labute approximate surface area is 342 Å². The zero-order valence-electron chi connectivity index (χ0n) is 33.7. The van der Waals surface area contributed by atoms with Gasteiger partial charge in [0, 0.05) is 28.3 Å². The van der Waals surface area contributed by atoms with Crippen LogP contribution >= 0.6 is 0 Å². The first-order chi connectivity index (χ1) is 28.2. The first-order valence-corrected chi connectivity index (χ1v) is 20.5. The highest BCUT2D eigenvalue weighted by atomic mass is 16.5. The summed E-state index contributed by atoms with van der Waals surface area (Å²) in [6.07, 6.45) is 0. The summed E-state index contributed by atoms with van der Waals surface area (Å²) < 4.78 is 6.31. The molecule has 2 nitrogen and oxygen atoms in total. The van der Waals surface area contributed by atoms with Crippen LogP contribution in [0, 0.1) is 0 Å². The van der Waals surface area contributed by atoms with Gasteiger partial charge in [-0.25, -0.2) is 0 Å². The van der Waals surface area contributed by atoms with E-state index < -0.39 is 5.41 Å². The predicted octanol–water partition coefficient (Wildman–Crippen LogP) is 14.1. The number of benzene rings is 8. The maximum atomic E-state index is 6.31. The highest BCUT2D eigenvalue weighted by molar-refractivity contribution is 5.90. The van der Waals surface area contributed by atoms with Crippen LogP contribution in [0.5, 0.6) is 5.75 Å². The minimum atomic E-state index is -0.577. The van der Waals surface area contributed by atoms with Crippen LogP contribution in [0.2, 0.25) is 0 Å². The Morgan fingerprint density at radius 3 is 1.24 bits per heavy atom. The van der Waals surface area contributed by atoms with Crippen molar-refractivity contribution < 1.29 is 4.74 Å². The molecule has 0 fully saturated rings. The SMILES string of the molecule is COc1cc(N(c2ccc3c(c2)C(C)(C)c2ccccc2-3)c2ccc3c(c2)C(C)(C)c2ccccc2-3)cc(C2(c3ccccc3)c3ccccc3-c3ccccc32)c1. The standard InChI is InChI=1S/C56H45NO/c1-54(2)48-23-13-9-19-42(48)46-29-27-38(34-52(46)54)57(39-28-30-47-43-20-10-14-24-49(43)55(3,4)53(47)35-39)40-31-37(32-41(33-40)58-5)56(36-17-7-6-8-18-36)50-25-15-11-21-44(50)45-22-12-16-26-51(45)56/h6-35H,1-5H3. The summed E-state index contributed by atoms with van der Waals surface area (Å²) in [5, 5.41) is 0. The van der Waals surface area contributed by atoms with E-state index in [1.54, 1.807) is 7.11 Å². The van der Waals surface area contributed by atoms with E-state index in [1.165, 1.54) is 77.9 Å². The zero-order chi connectivity index (χ0) is 39.4. The van der Waals surface area contributed by atoms with Gasteiger partial charge in [-0.05, 0) is 114 Å². The van der Waals surface area contributed by atoms with E-state index in [-0.39, 0.29) is 10.8 Å². The molecule has 0 aliphatic heterocycles. The number of nitrogens with zero attached hydrogens (tertiary/aromatic N) is 1. The van der Waals surface area contributed by atoms with Gasteiger partial charge in [0.05, 0.1) is 18.2 Å². The normalized spacial score (nSPS) is 15.4. The summed E-state index contributed by atoms with van der Waals surface area (Å²) in [6.45, 7) is 9.46. The van der Waals surface area contributed by atoms with Crippen LogP contribution < -0.4 is 9.64 Å². The third kappa shape index (κ3) is 4.66. The van der Waals surface area contributed by atoms with Crippen molar-refractivity contribution in [3.8, 4) is 39.1 Å². The highest BCUT2D eigenvalue weighted by Gasteiger charge is 2.46. The third-order valence-corrected chi connectivity index (χ3v) is 13.6. The molecule has 0 heterocycles. The quantitative estimate of drug-likeness (QED) is 0.168. The van der Waals surface area contributed by atoms with Gasteiger partial charge in [-0.2, -0.15) is 0 Å². The van der Waals surface area contributed by atoms with Crippen LogP contribution in [0.4, 0.5) is 17.1 Å². The van der Waals surface area contributed by atoms with Gasteiger partial charge in [0.15, 0.2) is 0 Å². The second-order valence-corrected chi connectivity index (χ2v) is 17.3. The lowest BCUT2D eigenvalue weighted by Crippen LogP contribution is -2.29. The van der Waals surface area contributed by atoms with Crippen molar-refractivity contribution in [2.45, 2.75) is 43.9 Å². The molecule has 3 aliphatic carbocycles. The van der Waals surface area contributed by atoms with E-state index in [2.05, 4.69) is 215 Å². The molecule has 0 saturated carbocycles. The maximum absolute atomic E-state index is 6.31. The molecule has 0 radical (unpaired) electrons. The van der Waals surface area contributed by atoms with Crippen molar-refractivity contribution in [1.82, 2.24) is 0 Å². The van der Waals surface area contributed by atoms with E-state index in [0.717, 1.165) is 22.8 Å². The first kappa shape index (κ1) is 34.6. The van der Waals surface area contributed by atoms with E-state index in [1.807, 2.05) is 0 Å². The van der Waals surface area contributed by atoms with E-state index in [0.29, 0.717) is 0 Å². The molecule has 11 rings (SSSR count). The van der Waals surface area contributed by atoms with Gasteiger partial charge in [0.25, 0.3) is 0 Å².